The van der Waals surface area contributed by atoms with Gasteiger partial charge in [0.05, 0.1) is 22.1 Å². The molecule has 0 spiro atoms. The number of hydrogen-bond acceptors (Lipinski definition) is 5. The van der Waals surface area contributed by atoms with Gasteiger partial charge in [-0.05, 0) is 123 Å². The smallest absolute Gasteiger partial charge is 0.172 e. The lowest BCUT2D eigenvalue weighted by molar-refractivity contribution is 0.593. The molecule has 0 fully saturated rings. The van der Waals surface area contributed by atoms with Crippen LogP contribution in [0.1, 0.15) is 0 Å². The third-order valence-electron chi connectivity index (χ3n) is 16.9. The van der Waals surface area contributed by atoms with Crippen molar-refractivity contribution in [3.8, 4) is 45.0 Å². The van der Waals surface area contributed by atoms with Gasteiger partial charge in [-0.25, -0.2) is 19.9 Å². The van der Waals surface area contributed by atoms with E-state index < -0.39 is 7.14 Å². The van der Waals surface area contributed by atoms with E-state index in [0.29, 0.717) is 11.6 Å². The number of hydrogen-bond donors (Lipinski definition) is 0. The molecule has 17 aromatic rings. The molecule has 0 saturated carbocycles. The maximum absolute atomic E-state index is 18.5. The number of fused-ring (bicyclic) bond motifs is 4. The van der Waals surface area contributed by atoms with E-state index in [2.05, 4.69) is 243 Å². The Labute approximate surface area is 459 Å². The first-order valence-corrected chi connectivity index (χ1v) is 28.8. The van der Waals surface area contributed by atoms with E-state index in [1.807, 2.05) is 18.2 Å². The van der Waals surface area contributed by atoms with E-state index in [1.165, 1.54) is 0 Å². The van der Waals surface area contributed by atoms with Crippen LogP contribution >= 0.6 is 7.14 Å². The molecule has 15 aromatic carbocycles. The molecule has 0 unspecified atom stereocenters. The molecule has 0 N–H and O–H groups in total. The van der Waals surface area contributed by atoms with Crippen molar-refractivity contribution in [3.63, 3.8) is 0 Å². The van der Waals surface area contributed by atoms with Crippen LogP contribution in [0.15, 0.2) is 261 Å². The molecule has 0 aliphatic heterocycles. The van der Waals surface area contributed by atoms with Crippen molar-refractivity contribution < 1.29 is 4.57 Å². The van der Waals surface area contributed by atoms with Crippen LogP contribution in [0, 0.1) is 0 Å². The van der Waals surface area contributed by atoms with Gasteiger partial charge in [-0.3, -0.25) is 0 Å². The number of aromatic nitrogens is 4. The molecule has 0 bridgehead atoms. The van der Waals surface area contributed by atoms with Gasteiger partial charge in [0.15, 0.2) is 18.8 Å². The van der Waals surface area contributed by atoms with Gasteiger partial charge >= 0.3 is 0 Å². The zero-order valence-electron chi connectivity index (χ0n) is 43.0. The van der Waals surface area contributed by atoms with Crippen LogP contribution in [0.3, 0.4) is 0 Å². The Hall–Kier alpha value is -10.2. The fraction of sp³-hybridized carbons (Fsp3) is 0. The van der Waals surface area contributed by atoms with E-state index in [0.717, 1.165) is 158 Å². The molecule has 0 radical (unpaired) electrons. The highest BCUT2D eigenvalue weighted by atomic mass is 31.2. The van der Waals surface area contributed by atoms with E-state index in [1.54, 1.807) is 0 Å². The molecule has 0 aliphatic rings. The average Bonchev–Trinajstić information content (AvgIpc) is 3.68. The maximum atomic E-state index is 18.5. The third-order valence-corrected chi connectivity index (χ3v) is 20.0. The van der Waals surface area contributed by atoms with Crippen LogP contribution in [0.4, 0.5) is 0 Å². The zero-order chi connectivity index (χ0) is 52.6. The van der Waals surface area contributed by atoms with Crippen LogP contribution < -0.4 is 15.9 Å². The summed E-state index contributed by atoms with van der Waals surface area (Å²) in [5.41, 5.74) is 9.38. The molecule has 0 aliphatic carbocycles. The van der Waals surface area contributed by atoms with Crippen LogP contribution in [0.2, 0.25) is 0 Å². The lowest BCUT2D eigenvalue weighted by atomic mass is 9.90. The summed E-state index contributed by atoms with van der Waals surface area (Å²) in [7, 11) is -3.96. The Morgan fingerprint density at radius 2 is 0.550 bits per heavy atom. The molecular weight excluding hydrogens is 992 g/mol. The number of benzene rings is 15. The van der Waals surface area contributed by atoms with E-state index in [-0.39, 0.29) is 0 Å². The highest BCUT2D eigenvalue weighted by molar-refractivity contribution is 7.86. The predicted molar refractivity (Wildman–Crippen MR) is 336 cm³/mol. The van der Waals surface area contributed by atoms with E-state index >= 15 is 4.57 Å². The second-order valence-electron chi connectivity index (χ2n) is 21.1. The van der Waals surface area contributed by atoms with Crippen molar-refractivity contribution in [1.82, 2.24) is 19.9 Å². The Balaban J connectivity index is 1.02. The second kappa shape index (κ2) is 17.2. The van der Waals surface area contributed by atoms with Gasteiger partial charge in [-0.15, -0.1) is 0 Å². The fourth-order valence-corrected chi connectivity index (χ4v) is 16.4. The molecule has 2 heterocycles. The van der Waals surface area contributed by atoms with Crippen molar-refractivity contribution in [2.75, 3.05) is 0 Å². The molecule has 5 nitrogen and oxygen atoms in total. The summed E-state index contributed by atoms with van der Waals surface area (Å²) in [6, 6.07) is 91.7. The number of rotatable bonds is 7. The Kier molecular flexibility index (Phi) is 9.63. The minimum Gasteiger partial charge on any atom is -0.309 e. The molecule has 370 valence electrons. The van der Waals surface area contributed by atoms with Gasteiger partial charge in [-0.2, -0.15) is 0 Å². The molecule has 2 aromatic heterocycles. The molecule has 6 heteroatoms. The SMILES string of the molecule is O=P(c1ccccc1)(c1cc(-c2cccc3ccccc23)c2ccc3nc(-c4cccc5ccccc45)nc4ccc1c2c34)c1cc(-c2cccc3ccccc23)c2ccc3nc(-c4cccc5ccccc45)nc4ccc1c2c34. The normalized spacial score (nSPS) is 12.3. The first kappa shape index (κ1) is 44.9. The predicted octanol–water partition coefficient (Wildman–Crippen LogP) is 18.0. The summed E-state index contributed by atoms with van der Waals surface area (Å²) in [5, 5.41) is 18.9. The van der Waals surface area contributed by atoms with Crippen LogP contribution in [-0.2, 0) is 4.57 Å². The standard InChI is InChI=1S/C74H43N4OP/c79-80(48-24-2-1-3-25-48,67-42-61(53-30-12-20-44-16-4-8-26-49(44)53)55-34-38-63-71-65(40-36-59(67)69(55)71)77-73(75-63)57-32-14-22-46-18-6-10-28-51(46)57)68-43-62(54-31-13-21-45-17-5-9-27-50(45)54)56-35-39-64-72-66(41-37-60(68)70(56)72)78-74(76-64)58-33-15-23-47-19-7-11-29-52(47)58/h1-43H. The molecular formula is C74H43N4OP. The zero-order valence-corrected chi connectivity index (χ0v) is 43.9. The second-order valence-corrected chi connectivity index (χ2v) is 23.8. The fourth-order valence-electron chi connectivity index (χ4n) is 13.3. The van der Waals surface area contributed by atoms with Crippen molar-refractivity contribution in [2.45, 2.75) is 0 Å². The van der Waals surface area contributed by atoms with Gasteiger partial charge < -0.3 is 4.57 Å². The Bertz CT molecular complexity index is 5110. The summed E-state index contributed by atoms with van der Waals surface area (Å²) in [6.45, 7) is 0. The summed E-state index contributed by atoms with van der Waals surface area (Å²) in [4.78, 5) is 21.7. The van der Waals surface area contributed by atoms with Crippen molar-refractivity contribution in [2.24, 2.45) is 0 Å². The van der Waals surface area contributed by atoms with Crippen molar-refractivity contribution >= 4 is 131 Å². The quantitative estimate of drug-likeness (QED) is 0.118. The topological polar surface area (TPSA) is 68.6 Å². The Morgan fingerprint density at radius 3 is 0.938 bits per heavy atom. The van der Waals surface area contributed by atoms with Gasteiger partial charge in [0.2, 0.25) is 0 Å². The summed E-state index contributed by atoms with van der Waals surface area (Å²) >= 11 is 0. The molecule has 80 heavy (non-hydrogen) atoms. The summed E-state index contributed by atoms with van der Waals surface area (Å²) in [5.74, 6) is 1.33. The lowest BCUT2D eigenvalue weighted by Crippen LogP contribution is -2.27. The van der Waals surface area contributed by atoms with Gasteiger partial charge in [0, 0.05) is 48.6 Å². The number of nitrogens with zero attached hydrogens (tertiary/aromatic N) is 4. The molecule has 0 atom stereocenters. The monoisotopic (exact) mass is 1030 g/mol. The van der Waals surface area contributed by atoms with Crippen molar-refractivity contribution in [1.29, 1.82) is 0 Å². The highest BCUT2D eigenvalue weighted by Crippen LogP contribution is 2.53. The average molecular weight is 1040 g/mol. The highest BCUT2D eigenvalue weighted by Gasteiger charge is 2.37. The lowest BCUT2D eigenvalue weighted by Gasteiger charge is -2.27. The van der Waals surface area contributed by atoms with Gasteiger partial charge in [-0.1, -0.05) is 224 Å². The molecule has 0 amide bonds. The Morgan fingerprint density at radius 1 is 0.237 bits per heavy atom. The largest absolute Gasteiger partial charge is 0.309 e. The molecule has 17 rings (SSSR count). The van der Waals surface area contributed by atoms with E-state index in [4.69, 9.17) is 19.9 Å². The minimum absolute atomic E-state index is 0.667. The third kappa shape index (κ3) is 6.50. The molecule has 0 saturated heterocycles. The summed E-state index contributed by atoms with van der Waals surface area (Å²) < 4.78 is 18.5. The van der Waals surface area contributed by atoms with Crippen molar-refractivity contribution in [3.05, 3.63) is 261 Å². The van der Waals surface area contributed by atoms with Crippen LogP contribution in [0.5, 0.6) is 0 Å². The first-order chi connectivity index (χ1) is 39.5. The van der Waals surface area contributed by atoms with E-state index in [9.17, 15) is 0 Å². The van der Waals surface area contributed by atoms with Gasteiger partial charge in [0.25, 0.3) is 0 Å². The van der Waals surface area contributed by atoms with Crippen LogP contribution in [0.25, 0.3) is 153 Å². The first-order valence-electron chi connectivity index (χ1n) is 27.1. The minimum atomic E-state index is -3.96. The summed E-state index contributed by atoms with van der Waals surface area (Å²) in [6.07, 6.45) is 0. The van der Waals surface area contributed by atoms with Crippen LogP contribution in [-0.4, -0.2) is 19.9 Å². The maximum Gasteiger partial charge on any atom is 0.172 e. The van der Waals surface area contributed by atoms with Gasteiger partial charge in [0.1, 0.15) is 0 Å².